The number of nitrogens with zero attached hydrogens (tertiary/aromatic N) is 3. The molecule has 5 rings (SSSR count). The highest BCUT2D eigenvalue weighted by molar-refractivity contribution is 7.15. The zero-order valence-electron chi connectivity index (χ0n) is 16.3. The number of hydrogen-bond acceptors (Lipinski definition) is 4. The summed E-state index contributed by atoms with van der Waals surface area (Å²) in [4.78, 5) is 32.0. The normalized spacial score (nSPS) is 13.1. The largest absolute Gasteiger partial charge is 0.323 e. The van der Waals surface area contributed by atoms with E-state index in [1.807, 2.05) is 34.2 Å². The number of rotatable bonds is 4. The van der Waals surface area contributed by atoms with Crippen molar-refractivity contribution in [3.05, 3.63) is 88.2 Å². The molecule has 4 aromatic rings. The van der Waals surface area contributed by atoms with Gasteiger partial charge in [0.1, 0.15) is 0 Å². The topological polar surface area (TPSA) is 66.7 Å². The molecular weight excluding hydrogens is 432 g/mol. The van der Waals surface area contributed by atoms with Gasteiger partial charge in [-0.05, 0) is 48.4 Å². The van der Waals surface area contributed by atoms with E-state index in [-0.39, 0.29) is 11.8 Å². The summed E-state index contributed by atoms with van der Waals surface area (Å²) in [5.74, 6) is -0.341. The van der Waals surface area contributed by atoms with Crippen molar-refractivity contribution in [2.45, 2.75) is 6.42 Å². The van der Waals surface area contributed by atoms with E-state index in [9.17, 15) is 9.59 Å². The Hall–Kier alpha value is -3.42. The molecule has 0 bridgehead atoms. The van der Waals surface area contributed by atoms with Gasteiger partial charge in [-0.2, -0.15) is 0 Å². The Kier molecular flexibility index (Phi) is 5.05. The number of imidazole rings is 1. The van der Waals surface area contributed by atoms with Crippen molar-refractivity contribution in [1.29, 1.82) is 0 Å². The molecule has 6 nitrogen and oxygen atoms in total. The number of benzene rings is 2. The van der Waals surface area contributed by atoms with Gasteiger partial charge in [0.05, 0.1) is 5.69 Å². The van der Waals surface area contributed by atoms with Crippen LogP contribution in [-0.2, 0) is 11.2 Å². The Labute approximate surface area is 187 Å². The number of carbonyl (C=O) groups is 2. The van der Waals surface area contributed by atoms with Gasteiger partial charge in [-0.3, -0.25) is 14.0 Å². The van der Waals surface area contributed by atoms with Gasteiger partial charge in [-0.15, -0.1) is 11.3 Å². The third-order valence-corrected chi connectivity index (χ3v) is 6.21. The minimum absolute atomic E-state index is 0.0436. The third kappa shape index (κ3) is 3.73. The van der Waals surface area contributed by atoms with Crippen molar-refractivity contribution in [3.8, 4) is 0 Å². The molecule has 1 aliphatic heterocycles. The quantitative estimate of drug-likeness (QED) is 0.451. The van der Waals surface area contributed by atoms with E-state index in [4.69, 9.17) is 11.6 Å². The summed E-state index contributed by atoms with van der Waals surface area (Å²) in [6.45, 7) is 0.677. The Balaban J connectivity index is 1.26. The first kappa shape index (κ1) is 19.5. The molecule has 0 aliphatic carbocycles. The fraction of sp³-hybridized carbons (Fsp3) is 0.0870. The number of fused-ring (bicyclic) bond motifs is 2. The highest BCUT2D eigenvalue weighted by Gasteiger charge is 2.24. The number of nitrogens with one attached hydrogen (secondary N) is 1. The summed E-state index contributed by atoms with van der Waals surface area (Å²) in [5, 5.41) is 5.05. The van der Waals surface area contributed by atoms with Crippen LogP contribution in [0.3, 0.4) is 0 Å². The van der Waals surface area contributed by atoms with Gasteiger partial charge in [0.15, 0.2) is 10.1 Å². The zero-order chi connectivity index (χ0) is 21.4. The highest BCUT2D eigenvalue weighted by atomic mass is 35.5. The van der Waals surface area contributed by atoms with Gasteiger partial charge in [-0.1, -0.05) is 29.8 Å². The lowest BCUT2D eigenvalue weighted by atomic mass is 10.1. The fourth-order valence-corrected chi connectivity index (χ4v) is 4.67. The fourth-order valence-electron chi connectivity index (χ4n) is 3.67. The van der Waals surface area contributed by atoms with Gasteiger partial charge in [0.2, 0.25) is 5.91 Å². The maximum atomic E-state index is 12.9. The van der Waals surface area contributed by atoms with Gasteiger partial charge >= 0.3 is 0 Å². The number of hydrogen-bond donors (Lipinski definition) is 1. The molecule has 0 spiro atoms. The predicted octanol–water partition coefficient (Wildman–Crippen LogP) is 4.90. The molecule has 1 N–H and O–H groups in total. The Morgan fingerprint density at radius 3 is 2.77 bits per heavy atom. The molecule has 0 fully saturated rings. The predicted molar refractivity (Wildman–Crippen MR) is 124 cm³/mol. The SMILES string of the molecule is O=C(/C=C/c1c(Cl)nc2sccn12)Nc1ccc(C(=O)N2CCc3ccccc32)cc1. The summed E-state index contributed by atoms with van der Waals surface area (Å²) in [7, 11) is 0. The molecule has 0 atom stereocenters. The number of thiazole rings is 1. The monoisotopic (exact) mass is 448 g/mol. The Morgan fingerprint density at radius 2 is 1.94 bits per heavy atom. The van der Waals surface area contributed by atoms with Crippen LogP contribution in [0.15, 0.2) is 66.2 Å². The van der Waals surface area contributed by atoms with Crippen molar-refractivity contribution in [2.24, 2.45) is 0 Å². The average molecular weight is 449 g/mol. The van der Waals surface area contributed by atoms with E-state index in [1.54, 1.807) is 35.2 Å². The van der Waals surface area contributed by atoms with Crippen molar-refractivity contribution in [2.75, 3.05) is 16.8 Å². The standard InChI is InChI=1S/C23H17ClN4O2S/c24-21-19(28-13-14-31-23(28)26-21)9-10-20(29)25-17-7-5-16(6-8-17)22(30)27-12-11-15-3-1-2-4-18(15)27/h1-10,13-14H,11-12H2,(H,25,29)/b10-9+. The second kappa shape index (κ2) is 8.02. The maximum Gasteiger partial charge on any atom is 0.258 e. The van der Waals surface area contributed by atoms with Crippen LogP contribution in [0.2, 0.25) is 5.15 Å². The maximum absolute atomic E-state index is 12.9. The summed E-state index contributed by atoms with van der Waals surface area (Å²) >= 11 is 7.61. The first-order valence-electron chi connectivity index (χ1n) is 9.70. The summed E-state index contributed by atoms with van der Waals surface area (Å²) in [6.07, 6.45) is 5.76. The van der Waals surface area contributed by atoms with E-state index < -0.39 is 0 Å². The number of anilines is 2. The second-order valence-electron chi connectivity index (χ2n) is 7.08. The molecule has 0 radical (unpaired) electrons. The van der Waals surface area contributed by atoms with Crippen LogP contribution in [0.25, 0.3) is 11.0 Å². The number of carbonyl (C=O) groups excluding carboxylic acids is 2. The molecule has 154 valence electrons. The molecule has 2 aromatic carbocycles. The number of aromatic nitrogens is 2. The van der Waals surface area contributed by atoms with Crippen molar-refractivity contribution in [1.82, 2.24) is 9.38 Å². The molecule has 2 aromatic heterocycles. The molecule has 31 heavy (non-hydrogen) atoms. The van der Waals surface area contributed by atoms with Crippen molar-refractivity contribution >= 4 is 57.2 Å². The van der Waals surface area contributed by atoms with Crippen LogP contribution in [0.1, 0.15) is 21.6 Å². The first-order valence-corrected chi connectivity index (χ1v) is 11.0. The number of amides is 2. The lowest BCUT2D eigenvalue weighted by Crippen LogP contribution is -2.28. The molecule has 3 heterocycles. The summed E-state index contributed by atoms with van der Waals surface area (Å²) in [5.41, 5.74) is 3.99. The Morgan fingerprint density at radius 1 is 1.13 bits per heavy atom. The average Bonchev–Trinajstić information content (AvgIpc) is 3.47. The third-order valence-electron chi connectivity index (χ3n) is 5.18. The summed E-state index contributed by atoms with van der Waals surface area (Å²) in [6, 6.07) is 14.9. The molecule has 0 unspecified atom stereocenters. The van der Waals surface area contributed by atoms with Gasteiger partial charge < -0.3 is 10.2 Å². The van der Waals surface area contributed by atoms with Crippen LogP contribution in [0.4, 0.5) is 11.4 Å². The minimum atomic E-state index is -0.297. The Bertz CT molecular complexity index is 1320. The molecule has 0 saturated carbocycles. The number of para-hydroxylation sites is 1. The van der Waals surface area contributed by atoms with Gasteiger partial charge in [-0.25, -0.2) is 4.98 Å². The van der Waals surface area contributed by atoms with Crippen LogP contribution >= 0.6 is 22.9 Å². The van der Waals surface area contributed by atoms with Crippen molar-refractivity contribution in [3.63, 3.8) is 0 Å². The van der Waals surface area contributed by atoms with Crippen LogP contribution in [-0.4, -0.2) is 27.7 Å². The molecule has 1 aliphatic rings. The van der Waals surface area contributed by atoms with E-state index in [2.05, 4.69) is 16.4 Å². The van der Waals surface area contributed by atoms with E-state index in [0.29, 0.717) is 28.6 Å². The second-order valence-corrected chi connectivity index (χ2v) is 8.31. The first-order chi connectivity index (χ1) is 15.1. The van der Waals surface area contributed by atoms with E-state index in [1.165, 1.54) is 23.0 Å². The smallest absolute Gasteiger partial charge is 0.258 e. The van der Waals surface area contributed by atoms with Crippen LogP contribution < -0.4 is 10.2 Å². The van der Waals surface area contributed by atoms with Crippen LogP contribution in [0, 0.1) is 0 Å². The molecule has 2 amide bonds. The van der Waals surface area contributed by atoms with Gasteiger partial charge in [0.25, 0.3) is 5.91 Å². The minimum Gasteiger partial charge on any atom is -0.323 e. The van der Waals surface area contributed by atoms with Crippen molar-refractivity contribution < 1.29 is 9.59 Å². The molecule has 0 saturated heterocycles. The lowest BCUT2D eigenvalue weighted by molar-refractivity contribution is -0.111. The zero-order valence-corrected chi connectivity index (χ0v) is 17.9. The number of halogens is 1. The van der Waals surface area contributed by atoms with E-state index in [0.717, 1.165) is 17.1 Å². The van der Waals surface area contributed by atoms with E-state index >= 15 is 0 Å². The lowest BCUT2D eigenvalue weighted by Gasteiger charge is -2.17. The molecular formula is C23H17ClN4O2S. The van der Waals surface area contributed by atoms with Gasteiger partial charge in [0, 0.05) is 41.1 Å². The molecule has 8 heteroatoms. The summed E-state index contributed by atoms with van der Waals surface area (Å²) < 4.78 is 1.83. The van der Waals surface area contributed by atoms with Crippen LogP contribution in [0.5, 0.6) is 0 Å². The highest BCUT2D eigenvalue weighted by Crippen LogP contribution is 2.29.